The van der Waals surface area contributed by atoms with Gasteiger partial charge in [-0.1, -0.05) is 36.0 Å². The molecule has 21 heavy (non-hydrogen) atoms. The number of halogens is 4. The zero-order valence-corrected chi connectivity index (χ0v) is 12.1. The molecule has 0 unspecified atom stereocenters. The molecule has 1 aromatic heterocycles. The van der Waals surface area contributed by atoms with Gasteiger partial charge in [0.05, 0.1) is 0 Å². The molecule has 0 saturated heterocycles. The van der Waals surface area contributed by atoms with Crippen LogP contribution in [0.25, 0.3) is 4.91 Å². The molecule has 0 radical (unpaired) electrons. The fourth-order valence-corrected chi connectivity index (χ4v) is 2.12. The zero-order chi connectivity index (χ0) is 16.0. The van der Waals surface area contributed by atoms with Gasteiger partial charge < -0.3 is 11.1 Å². The van der Waals surface area contributed by atoms with E-state index in [2.05, 4.69) is 11.6 Å². The first-order chi connectivity index (χ1) is 9.70. The van der Waals surface area contributed by atoms with Gasteiger partial charge in [-0.25, -0.2) is 0 Å². The maximum absolute atomic E-state index is 12.1. The summed E-state index contributed by atoms with van der Waals surface area (Å²) in [6.07, 6.45) is -1.48. The second-order valence-electron chi connectivity index (χ2n) is 3.74. The van der Waals surface area contributed by atoms with E-state index in [0.717, 1.165) is 11.8 Å². The van der Waals surface area contributed by atoms with Crippen molar-refractivity contribution in [2.24, 2.45) is 5.73 Å². The molecular weight excluding hydrogens is 327 g/mol. The average Bonchev–Trinajstić information content (AvgIpc) is 2.41. The topological polar surface area (TPSA) is 68.0 Å². The maximum Gasteiger partial charge on any atom is 0.405 e. The number of nitrogens with one attached hydrogen (secondary N) is 1. The Kier molecular flexibility index (Phi) is 6.10. The van der Waals surface area contributed by atoms with Crippen LogP contribution in [0.1, 0.15) is 5.56 Å². The Bertz CT molecular complexity index is 557. The first-order valence-electron chi connectivity index (χ1n) is 5.48. The second kappa shape index (κ2) is 7.37. The highest BCUT2D eigenvalue weighted by Crippen LogP contribution is 2.33. The lowest BCUT2D eigenvalue weighted by Gasteiger charge is -2.12. The Morgan fingerprint density at radius 3 is 2.67 bits per heavy atom. The molecule has 0 aromatic carbocycles. The van der Waals surface area contributed by atoms with Crippen LogP contribution in [0.4, 0.5) is 13.2 Å². The van der Waals surface area contributed by atoms with E-state index in [1.165, 1.54) is 6.20 Å². The van der Waals surface area contributed by atoms with Crippen molar-refractivity contribution in [3.63, 3.8) is 0 Å². The molecule has 114 valence electrons. The summed E-state index contributed by atoms with van der Waals surface area (Å²) in [6, 6.07) is 3.33. The van der Waals surface area contributed by atoms with Crippen molar-refractivity contribution >= 4 is 34.2 Å². The molecule has 0 fully saturated rings. The number of aromatic nitrogens is 1. The monoisotopic (exact) mass is 337 g/mol. The Morgan fingerprint density at radius 1 is 1.52 bits per heavy atom. The lowest BCUT2D eigenvalue weighted by Crippen LogP contribution is -2.34. The third-order valence-corrected chi connectivity index (χ3v) is 3.47. The minimum atomic E-state index is -4.52. The number of amides is 1. The van der Waals surface area contributed by atoms with Crippen molar-refractivity contribution in [2.45, 2.75) is 6.18 Å². The van der Waals surface area contributed by atoms with E-state index in [1.54, 1.807) is 23.6 Å². The molecule has 1 aromatic rings. The number of rotatable bonds is 5. The van der Waals surface area contributed by atoms with Crippen molar-refractivity contribution < 1.29 is 18.0 Å². The first kappa shape index (κ1) is 17.4. The Morgan fingerprint density at radius 2 is 2.19 bits per heavy atom. The smallest absolute Gasteiger partial charge is 0.388 e. The van der Waals surface area contributed by atoms with Crippen molar-refractivity contribution in [3.8, 4) is 0 Å². The number of hydrogen-bond donors (Lipinski definition) is 2. The summed E-state index contributed by atoms with van der Waals surface area (Å²) in [5.74, 6) is -1.02. The minimum Gasteiger partial charge on any atom is -0.388 e. The molecule has 1 amide bonds. The molecule has 0 atom stereocenters. The van der Waals surface area contributed by atoms with Crippen LogP contribution in [-0.4, -0.2) is 23.6 Å². The highest BCUT2D eigenvalue weighted by atomic mass is 35.5. The molecule has 0 aliphatic heterocycles. The summed E-state index contributed by atoms with van der Waals surface area (Å²) in [5.41, 5.74) is 5.93. The van der Waals surface area contributed by atoms with E-state index in [0.29, 0.717) is 10.5 Å². The van der Waals surface area contributed by atoms with Gasteiger partial charge >= 0.3 is 6.18 Å². The first-order valence-corrected chi connectivity index (χ1v) is 6.67. The molecule has 9 heteroatoms. The summed E-state index contributed by atoms with van der Waals surface area (Å²) in [4.78, 5) is 15.7. The van der Waals surface area contributed by atoms with Crippen molar-refractivity contribution in [2.75, 3.05) is 6.54 Å². The van der Waals surface area contributed by atoms with Gasteiger partial charge in [-0.2, -0.15) is 13.2 Å². The Hall–Kier alpha value is -1.67. The van der Waals surface area contributed by atoms with Gasteiger partial charge in [0, 0.05) is 22.9 Å². The third kappa shape index (κ3) is 6.09. The number of nitrogens with two attached hydrogens (primary N) is 1. The van der Waals surface area contributed by atoms with Gasteiger partial charge in [-0.3, -0.25) is 9.78 Å². The molecule has 3 N–H and O–H groups in total. The van der Waals surface area contributed by atoms with Crippen LogP contribution in [0.15, 0.2) is 41.2 Å². The van der Waals surface area contributed by atoms with Crippen LogP contribution in [0, 0.1) is 0 Å². The lowest BCUT2D eigenvalue weighted by atomic mass is 10.3. The van der Waals surface area contributed by atoms with E-state index in [1.807, 2.05) is 0 Å². The summed E-state index contributed by atoms with van der Waals surface area (Å²) >= 11 is 6.33. The van der Waals surface area contributed by atoms with E-state index in [4.69, 9.17) is 17.3 Å². The summed E-state index contributed by atoms with van der Waals surface area (Å²) in [7, 11) is 0. The molecule has 0 aliphatic carbocycles. The second-order valence-corrected chi connectivity index (χ2v) is 5.25. The fraction of sp³-hybridized carbons (Fsp3) is 0.167. The molecular formula is C12H11ClF3N3OS. The zero-order valence-electron chi connectivity index (χ0n) is 10.6. The van der Waals surface area contributed by atoms with Crippen molar-refractivity contribution in [1.29, 1.82) is 0 Å². The molecule has 1 rings (SSSR count). The Labute approximate surface area is 128 Å². The quantitative estimate of drug-likeness (QED) is 0.640. The summed E-state index contributed by atoms with van der Waals surface area (Å²) < 4.78 is 36.2. The number of carbonyl (C=O) groups is 1. The van der Waals surface area contributed by atoms with Crippen LogP contribution in [0.2, 0.25) is 0 Å². The summed E-state index contributed by atoms with van der Waals surface area (Å²) in [6.45, 7) is 2.24. The Balaban J connectivity index is 2.78. The van der Waals surface area contributed by atoms with E-state index >= 15 is 0 Å². The molecule has 0 saturated carbocycles. The number of thioether (sulfide) groups is 1. The highest BCUT2D eigenvalue weighted by Gasteiger charge is 2.29. The molecule has 4 nitrogen and oxygen atoms in total. The fourth-order valence-electron chi connectivity index (χ4n) is 1.17. The van der Waals surface area contributed by atoms with E-state index in [9.17, 15) is 18.0 Å². The molecule has 0 spiro atoms. The molecule has 1 heterocycles. The molecule has 0 bridgehead atoms. The van der Waals surface area contributed by atoms with Crippen LogP contribution < -0.4 is 11.1 Å². The number of nitrogens with zero attached hydrogens (tertiary/aromatic N) is 1. The van der Waals surface area contributed by atoms with Gasteiger partial charge in [0.15, 0.2) is 0 Å². The van der Waals surface area contributed by atoms with E-state index < -0.39 is 23.8 Å². The average molecular weight is 338 g/mol. The standard InChI is InChI=1S/C12H11ClF3N3OS/c1-7(8-3-2-4-18-5-8)21-9(10(13)17)11(20)19-6-12(14,15)16/h2-5H,1,6,17H2,(H,19,20)/b10-9-. The van der Waals surface area contributed by atoms with Crippen LogP contribution in [-0.2, 0) is 4.79 Å². The SMILES string of the molecule is C=C(S/C(C(=O)NCC(F)(F)F)=C(\N)Cl)c1cccnc1. The van der Waals surface area contributed by atoms with E-state index in [-0.39, 0.29) is 4.91 Å². The highest BCUT2D eigenvalue weighted by molar-refractivity contribution is 8.12. The van der Waals surface area contributed by atoms with Crippen molar-refractivity contribution in [3.05, 3.63) is 46.7 Å². The molecule has 0 aliphatic rings. The lowest BCUT2D eigenvalue weighted by molar-refractivity contribution is -0.135. The van der Waals surface area contributed by atoms with Crippen LogP contribution in [0.3, 0.4) is 0 Å². The maximum atomic E-state index is 12.1. The number of alkyl halides is 3. The van der Waals surface area contributed by atoms with Crippen LogP contribution in [0.5, 0.6) is 0 Å². The normalized spacial score (nSPS) is 12.6. The third-order valence-electron chi connectivity index (χ3n) is 2.08. The van der Waals surface area contributed by atoms with Crippen LogP contribution >= 0.6 is 23.4 Å². The van der Waals surface area contributed by atoms with Gasteiger partial charge in [-0.05, 0) is 6.07 Å². The number of pyridine rings is 1. The summed E-state index contributed by atoms with van der Waals surface area (Å²) in [5, 5.41) is 1.28. The number of carbonyl (C=O) groups excluding carboxylic acids is 1. The predicted molar refractivity (Wildman–Crippen MR) is 77.0 cm³/mol. The van der Waals surface area contributed by atoms with Gasteiger partial charge in [0.2, 0.25) is 0 Å². The minimum absolute atomic E-state index is 0.255. The number of hydrogen-bond acceptors (Lipinski definition) is 4. The van der Waals surface area contributed by atoms with Crippen molar-refractivity contribution in [1.82, 2.24) is 10.3 Å². The largest absolute Gasteiger partial charge is 0.405 e. The van der Waals surface area contributed by atoms with Gasteiger partial charge in [0.1, 0.15) is 16.6 Å². The van der Waals surface area contributed by atoms with Gasteiger partial charge in [-0.15, -0.1) is 0 Å². The predicted octanol–water partition coefficient (Wildman–Crippen LogP) is 2.83. The van der Waals surface area contributed by atoms with Gasteiger partial charge in [0.25, 0.3) is 5.91 Å².